The summed E-state index contributed by atoms with van der Waals surface area (Å²) in [6.07, 6.45) is 9.60. The van der Waals surface area contributed by atoms with Gasteiger partial charge in [0.05, 0.1) is 0 Å². The molecular formula is C16H23N. The molecule has 92 valence electrons. The van der Waals surface area contributed by atoms with Crippen molar-refractivity contribution in [1.82, 2.24) is 0 Å². The van der Waals surface area contributed by atoms with Crippen LogP contribution in [0, 0.1) is 5.92 Å². The first-order chi connectivity index (χ1) is 8.33. The third-order valence-corrected chi connectivity index (χ3v) is 4.60. The monoisotopic (exact) mass is 229 g/mol. The molecule has 0 saturated heterocycles. The van der Waals surface area contributed by atoms with Crippen molar-refractivity contribution in [3.05, 3.63) is 29.3 Å². The van der Waals surface area contributed by atoms with Crippen LogP contribution in [0.25, 0.3) is 0 Å². The summed E-state index contributed by atoms with van der Waals surface area (Å²) in [5.41, 5.74) is 4.49. The van der Waals surface area contributed by atoms with Crippen LogP contribution in [0.2, 0.25) is 0 Å². The van der Waals surface area contributed by atoms with Crippen LogP contribution in [-0.4, -0.2) is 6.04 Å². The van der Waals surface area contributed by atoms with E-state index >= 15 is 0 Å². The molecule has 1 unspecified atom stereocenters. The Balaban J connectivity index is 1.68. The van der Waals surface area contributed by atoms with Crippen molar-refractivity contribution in [2.45, 2.75) is 57.9 Å². The summed E-state index contributed by atoms with van der Waals surface area (Å²) >= 11 is 0. The second-order valence-electron chi connectivity index (χ2n) is 5.81. The van der Waals surface area contributed by atoms with E-state index in [1.54, 1.807) is 11.1 Å². The van der Waals surface area contributed by atoms with Gasteiger partial charge in [0.15, 0.2) is 0 Å². The van der Waals surface area contributed by atoms with E-state index in [-0.39, 0.29) is 0 Å². The van der Waals surface area contributed by atoms with Crippen molar-refractivity contribution in [2.75, 3.05) is 5.32 Å². The van der Waals surface area contributed by atoms with Gasteiger partial charge in [0, 0.05) is 11.7 Å². The van der Waals surface area contributed by atoms with Crippen molar-refractivity contribution in [3.63, 3.8) is 0 Å². The van der Waals surface area contributed by atoms with Crippen LogP contribution in [0.3, 0.4) is 0 Å². The first-order valence-electron chi connectivity index (χ1n) is 7.21. The smallest absolute Gasteiger partial charge is 0.0345 e. The fraction of sp³-hybridized carbons (Fsp3) is 0.625. The fourth-order valence-electron chi connectivity index (χ4n) is 3.50. The Bertz CT molecular complexity index is 391. The molecule has 1 aromatic carbocycles. The number of anilines is 1. The average molecular weight is 229 g/mol. The van der Waals surface area contributed by atoms with Gasteiger partial charge in [-0.25, -0.2) is 0 Å². The highest BCUT2D eigenvalue weighted by Gasteiger charge is 2.21. The molecule has 1 nitrogen and oxygen atoms in total. The molecule has 0 aliphatic heterocycles. The Kier molecular flexibility index (Phi) is 3.09. The SMILES string of the molecule is CC(Nc1ccc2c(c1)CCC2)C1CCCC1. The maximum absolute atomic E-state index is 3.71. The molecule has 0 heterocycles. The van der Waals surface area contributed by atoms with Gasteiger partial charge in [-0.3, -0.25) is 0 Å². The highest BCUT2D eigenvalue weighted by Crippen LogP contribution is 2.30. The lowest BCUT2D eigenvalue weighted by Gasteiger charge is -2.22. The molecule has 17 heavy (non-hydrogen) atoms. The largest absolute Gasteiger partial charge is 0.382 e. The molecule has 1 saturated carbocycles. The molecular weight excluding hydrogens is 206 g/mol. The van der Waals surface area contributed by atoms with Crippen LogP contribution in [0.15, 0.2) is 18.2 Å². The molecule has 1 fully saturated rings. The van der Waals surface area contributed by atoms with Crippen LogP contribution >= 0.6 is 0 Å². The minimum atomic E-state index is 0.636. The van der Waals surface area contributed by atoms with Gasteiger partial charge in [-0.05, 0) is 68.2 Å². The minimum absolute atomic E-state index is 0.636. The Morgan fingerprint density at radius 3 is 2.65 bits per heavy atom. The molecule has 0 aromatic heterocycles. The summed E-state index contributed by atoms with van der Waals surface area (Å²) in [6, 6.07) is 7.62. The Labute approximate surface area is 105 Å². The standard InChI is InChI=1S/C16H23N/c1-12(13-5-2-3-6-13)17-16-10-9-14-7-4-8-15(14)11-16/h9-13,17H,2-8H2,1H3. The zero-order valence-corrected chi connectivity index (χ0v) is 10.8. The average Bonchev–Trinajstić information content (AvgIpc) is 2.99. The van der Waals surface area contributed by atoms with E-state index in [1.807, 2.05) is 0 Å². The summed E-state index contributed by atoms with van der Waals surface area (Å²) in [5.74, 6) is 0.892. The third kappa shape index (κ3) is 2.34. The number of aryl methyl sites for hydroxylation is 2. The van der Waals surface area contributed by atoms with E-state index in [0.717, 1.165) is 5.92 Å². The van der Waals surface area contributed by atoms with Gasteiger partial charge in [-0.1, -0.05) is 18.9 Å². The van der Waals surface area contributed by atoms with Crippen LogP contribution in [0.5, 0.6) is 0 Å². The van der Waals surface area contributed by atoms with Gasteiger partial charge in [0.1, 0.15) is 0 Å². The Morgan fingerprint density at radius 1 is 1.06 bits per heavy atom. The summed E-state index contributed by atoms with van der Waals surface area (Å²) in [7, 11) is 0. The second-order valence-corrected chi connectivity index (χ2v) is 5.81. The van der Waals surface area contributed by atoms with E-state index in [9.17, 15) is 0 Å². The Morgan fingerprint density at radius 2 is 1.82 bits per heavy atom. The predicted molar refractivity (Wildman–Crippen MR) is 73.5 cm³/mol. The maximum Gasteiger partial charge on any atom is 0.0345 e. The molecule has 0 bridgehead atoms. The van der Waals surface area contributed by atoms with Crippen LogP contribution < -0.4 is 5.32 Å². The number of hydrogen-bond donors (Lipinski definition) is 1. The normalized spacial score (nSPS) is 21.5. The number of hydrogen-bond acceptors (Lipinski definition) is 1. The zero-order chi connectivity index (χ0) is 11.7. The van der Waals surface area contributed by atoms with Gasteiger partial charge in [0.2, 0.25) is 0 Å². The highest BCUT2D eigenvalue weighted by atomic mass is 14.9. The van der Waals surface area contributed by atoms with E-state index < -0.39 is 0 Å². The first kappa shape index (κ1) is 11.1. The molecule has 0 radical (unpaired) electrons. The van der Waals surface area contributed by atoms with E-state index in [2.05, 4.69) is 30.4 Å². The van der Waals surface area contributed by atoms with Crippen molar-refractivity contribution < 1.29 is 0 Å². The van der Waals surface area contributed by atoms with Crippen LogP contribution in [-0.2, 0) is 12.8 Å². The summed E-state index contributed by atoms with van der Waals surface area (Å²) in [5, 5.41) is 3.71. The zero-order valence-electron chi connectivity index (χ0n) is 10.8. The van der Waals surface area contributed by atoms with E-state index in [4.69, 9.17) is 0 Å². The molecule has 0 spiro atoms. The lowest BCUT2D eigenvalue weighted by Crippen LogP contribution is -2.23. The van der Waals surface area contributed by atoms with E-state index in [0.29, 0.717) is 6.04 Å². The number of fused-ring (bicyclic) bond motifs is 1. The van der Waals surface area contributed by atoms with Gasteiger partial charge < -0.3 is 5.32 Å². The third-order valence-electron chi connectivity index (χ3n) is 4.60. The van der Waals surface area contributed by atoms with Gasteiger partial charge in [-0.2, -0.15) is 0 Å². The molecule has 0 amide bonds. The Hall–Kier alpha value is -0.980. The molecule has 1 N–H and O–H groups in total. The lowest BCUT2D eigenvalue weighted by atomic mass is 9.99. The summed E-state index contributed by atoms with van der Waals surface area (Å²) in [4.78, 5) is 0. The number of nitrogens with one attached hydrogen (secondary N) is 1. The molecule has 2 aliphatic rings. The quantitative estimate of drug-likeness (QED) is 0.820. The van der Waals surface area contributed by atoms with Crippen LogP contribution in [0.1, 0.15) is 50.2 Å². The van der Waals surface area contributed by atoms with Crippen LogP contribution in [0.4, 0.5) is 5.69 Å². The molecule has 3 rings (SSSR count). The first-order valence-corrected chi connectivity index (χ1v) is 7.21. The second kappa shape index (κ2) is 4.72. The van der Waals surface area contributed by atoms with Gasteiger partial charge in [-0.15, -0.1) is 0 Å². The number of benzene rings is 1. The van der Waals surface area contributed by atoms with E-state index in [1.165, 1.54) is 50.6 Å². The molecule has 2 aliphatic carbocycles. The van der Waals surface area contributed by atoms with Gasteiger partial charge in [0.25, 0.3) is 0 Å². The predicted octanol–water partition coefficient (Wildman–Crippen LogP) is 4.17. The van der Waals surface area contributed by atoms with Crippen molar-refractivity contribution in [3.8, 4) is 0 Å². The highest BCUT2D eigenvalue weighted by molar-refractivity contribution is 5.50. The fourth-order valence-corrected chi connectivity index (χ4v) is 3.50. The summed E-state index contributed by atoms with van der Waals surface area (Å²) in [6.45, 7) is 2.35. The van der Waals surface area contributed by atoms with Crippen molar-refractivity contribution in [1.29, 1.82) is 0 Å². The topological polar surface area (TPSA) is 12.0 Å². The maximum atomic E-state index is 3.71. The summed E-state index contributed by atoms with van der Waals surface area (Å²) < 4.78 is 0. The molecule has 1 aromatic rings. The van der Waals surface area contributed by atoms with Crippen molar-refractivity contribution >= 4 is 5.69 Å². The molecule has 1 heteroatoms. The minimum Gasteiger partial charge on any atom is -0.382 e. The van der Waals surface area contributed by atoms with Gasteiger partial charge >= 0.3 is 0 Å². The van der Waals surface area contributed by atoms with Crippen molar-refractivity contribution in [2.24, 2.45) is 5.92 Å². The molecule has 1 atom stereocenters. The lowest BCUT2D eigenvalue weighted by molar-refractivity contribution is 0.482. The number of rotatable bonds is 3.